The first-order chi connectivity index (χ1) is 14.3. The van der Waals surface area contributed by atoms with E-state index in [0.717, 1.165) is 5.56 Å². The topological polar surface area (TPSA) is 83.8 Å². The number of nitrogens with zero attached hydrogens (tertiary/aromatic N) is 3. The zero-order chi connectivity index (χ0) is 21.8. The predicted molar refractivity (Wildman–Crippen MR) is 116 cm³/mol. The van der Waals surface area contributed by atoms with Gasteiger partial charge >= 0.3 is 0 Å². The predicted octanol–water partition coefficient (Wildman–Crippen LogP) is 3.93. The van der Waals surface area contributed by atoms with Crippen LogP contribution in [-0.2, 0) is 9.59 Å². The molecule has 2 amide bonds. The SMILES string of the molecule is CC(=O)N1CCN(C(=O)/C=C/c2cccc([N+](=O)[O-])c2-c2cccc(Cl)c2C)CC1. The van der Waals surface area contributed by atoms with E-state index in [0.29, 0.717) is 47.9 Å². The van der Waals surface area contributed by atoms with E-state index in [4.69, 9.17) is 11.6 Å². The van der Waals surface area contributed by atoms with Crippen molar-refractivity contribution in [3.05, 3.63) is 68.7 Å². The summed E-state index contributed by atoms with van der Waals surface area (Å²) < 4.78 is 0. The molecule has 156 valence electrons. The van der Waals surface area contributed by atoms with Crippen LogP contribution >= 0.6 is 11.6 Å². The fourth-order valence-electron chi connectivity index (χ4n) is 3.53. The molecule has 0 spiro atoms. The molecule has 3 rings (SSSR count). The fourth-order valence-corrected chi connectivity index (χ4v) is 3.70. The number of piperazine rings is 1. The van der Waals surface area contributed by atoms with Crippen LogP contribution in [0.3, 0.4) is 0 Å². The minimum atomic E-state index is -0.435. The molecule has 8 heteroatoms. The first kappa shape index (κ1) is 21.5. The highest BCUT2D eigenvalue weighted by molar-refractivity contribution is 6.31. The van der Waals surface area contributed by atoms with E-state index in [9.17, 15) is 19.7 Å². The van der Waals surface area contributed by atoms with Crippen molar-refractivity contribution >= 4 is 35.2 Å². The van der Waals surface area contributed by atoms with Crippen LogP contribution in [0.4, 0.5) is 5.69 Å². The van der Waals surface area contributed by atoms with Crippen molar-refractivity contribution in [1.82, 2.24) is 9.80 Å². The van der Waals surface area contributed by atoms with Gasteiger partial charge in [0, 0.05) is 50.3 Å². The Bertz CT molecular complexity index is 1030. The summed E-state index contributed by atoms with van der Waals surface area (Å²) in [5.41, 5.74) is 2.31. The molecule has 1 aliphatic rings. The van der Waals surface area contributed by atoms with Gasteiger partial charge in [-0.15, -0.1) is 0 Å². The Hall–Kier alpha value is -3.19. The summed E-state index contributed by atoms with van der Waals surface area (Å²) in [6.45, 7) is 5.23. The van der Waals surface area contributed by atoms with Crippen LogP contribution in [0.25, 0.3) is 17.2 Å². The van der Waals surface area contributed by atoms with Gasteiger partial charge in [0.2, 0.25) is 11.8 Å². The van der Waals surface area contributed by atoms with E-state index in [-0.39, 0.29) is 17.5 Å². The lowest BCUT2D eigenvalue weighted by Crippen LogP contribution is -2.49. The summed E-state index contributed by atoms with van der Waals surface area (Å²) in [5, 5.41) is 12.2. The number of hydrogen-bond donors (Lipinski definition) is 0. The van der Waals surface area contributed by atoms with Crippen LogP contribution in [-0.4, -0.2) is 52.7 Å². The summed E-state index contributed by atoms with van der Waals surface area (Å²) in [4.78, 5) is 38.6. The molecule has 0 saturated carbocycles. The maximum Gasteiger partial charge on any atom is 0.277 e. The van der Waals surface area contributed by atoms with Crippen molar-refractivity contribution in [3.8, 4) is 11.1 Å². The van der Waals surface area contributed by atoms with Crippen LogP contribution in [0, 0.1) is 17.0 Å². The monoisotopic (exact) mass is 427 g/mol. The molecule has 0 aliphatic carbocycles. The summed E-state index contributed by atoms with van der Waals surface area (Å²) >= 11 is 6.23. The first-order valence-corrected chi connectivity index (χ1v) is 9.92. The third-order valence-corrected chi connectivity index (χ3v) is 5.66. The Labute approximate surface area is 179 Å². The van der Waals surface area contributed by atoms with Crippen molar-refractivity contribution in [3.63, 3.8) is 0 Å². The van der Waals surface area contributed by atoms with E-state index < -0.39 is 4.92 Å². The Kier molecular flexibility index (Phi) is 6.52. The number of rotatable bonds is 4. The van der Waals surface area contributed by atoms with Gasteiger partial charge in [0.25, 0.3) is 5.69 Å². The zero-order valence-corrected chi connectivity index (χ0v) is 17.6. The number of carbonyl (C=O) groups excluding carboxylic acids is 2. The van der Waals surface area contributed by atoms with Crippen LogP contribution in [0.5, 0.6) is 0 Å². The largest absolute Gasteiger partial charge is 0.339 e. The molecule has 1 saturated heterocycles. The molecule has 0 radical (unpaired) electrons. The molecule has 2 aromatic carbocycles. The zero-order valence-electron chi connectivity index (χ0n) is 16.8. The van der Waals surface area contributed by atoms with E-state index >= 15 is 0 Å². The highest BCUT2D eigenvalue weighted by atomic mass is 35.5. The number of amides is 2. The second-order valence-electron chi connectivity index (χ2n) is 7.08. The average Bonchev–Trinajstić information content (AvgIpc) is 2.73. The minimum Gasteiger partial charge on any atom is -0.339 e. The van der Waals surface area contributed by atoms with Gasteiger partial charge < -0.3 is 9.80 Å². The number of benzene rings is 2. The number of nitro benzene ring substituents is 1. The van der Waals surface area contributed by atoms with Gasteiger partial charge in [-0.1, -0.05) is 35.9 Å². The Balaban J connectivity index is 1.92. The number of nitro groups is 1. The number of halogens is 1. The molecular formula is C22H22ClN3O4. The smallest absolute Gasteiger partial charge is 0.277 e. The quantitative estimate of drug-likeness (QED) is 0.420. The van der Waals surface area contributed by atoms with Crippen molar-refractivity contribution in [2.24, 2.45) is 0 Å². The molecule has 1 fully saturated rings. The first-order valence-electron chi connectivity index (χ1n) is 9.55. The summed E-state index contributed by atoms with van der Waals surface area (Å²) in [6.07, 6.45) is 3.02. The van der Waals surface area contributed by atoms with Crippen molar-refractivity contribution in [1.29, 1.82) is 0 Å². The van der Waals surface area contributed by atoms with Crippen LogP contribution in [0.1, 0.15) is 18.1 Å². The number of carbonyl (C=O) groups is 2. The second kappa shape index (κ2) is 9.09. The Morgan fingerprint density at radius 3 is 2.33 bits per heavy atom. The van der Waals surface area contributed by atoms with Crippen molar-refractivity contribution < 1.29 is 14.5 Å². The van der Waals surface area contributed by atoms with Gasteiger partial charge in [-0.25, -0.2) is 0 Å². The lowest BCUT2D eigenvalue weighted by molar-refractivity contribution is -0.384. The molecule has 30 heavy (non-hydrogen) atoms. The Morgan fingerprint density at radius 2 is 1.70 bits per heavy atom. The van der Waals surface area contributed by atoms with Crippen molar-refractivity contribution in [2.45, 2.75) is 13.8 Å². The molecule has 1 aliphatic heterocycles. The molecule has 2 aromatic rings. The summed E-state index contributed by atoms with van der Waals surface area (Å²) in [5.74, 6) is -0.200. The average molecular weight is 428 g/mol. The van der Waals surface area contributed by atoms with Crippen molar-refractivity contribution in [2.75, 3.05) is 26.2 Å². The highest BCUT2D eigenvalue weighted by Gasteiger charge is 2.22. The molecular weight excluding hydrogens is 406 g/mol. The lowest BCUT2D eigenvalue weighted by atomic mass is 9.94. The fraction of sp³-hybridized carbons (Fsp3) is 0.273. The van der Waals surface area contributed by atoms with Gasteiger partial charge in [0.1, 0.15) is 0 Å². The van der Waals surface area contributed by atoms with E-state index in [1.807, 2.05) is 6.92 Å². The minimum absolute atomic E-state index is 0.00392. The summed E-state index contributed by atoms with van der Waals surface area (Å²) in [7, 11) is 0. The maximum absolute atomic E-state index is 12.6. The van der Waals surface area contributed by atoms with Crippen LogP contribution in [0.2, 0.25) is 5.02 Å². The Morgan fingerprint density at radius 1 is 1.07 bits per heavy atom. The van der Waals surface area contributed by atoms with Crippen LogP contribution in [0.15, 0.2) is 42.5 Å². The molecule has 7 nitrogen and oxygen atoms in total. The van der Waals surface area contributed by atoms with Gasteiger partial charge in [0.15, 0.2) is 0 Å². The van der Waals surface area contributed by atoms with Gasteiger partial charge in [-0.2, -0.15) is 0 Å². The van der Waals surface area contributed by atoms with E-state index in [2.05, 4.69) is 0 Å². The van der Waals surface area contributed by atoms with E-state index in [1.54, 1.807) is 46.2 Å². The molecule has 0 aromatic heterocycles. The van der Waals surface area contributed by atoms with Crippen LogP contribution < -0.4 is 0 Å². The van der Waals surface area contributed by atoms with Gasteiger partial charge in [0.05, 0.1) is 10.5 Å². The molecule has 0 bridgehead atoms. The number of hydrogen-bond acceptors (Lipinski definition) is 4. The second-order valence-corrected chi connectivity index (χ2v) is 7.48. The molecule has 0 unspecified atom stereocenters. The third-order valence-electron chi connectivity index (χ3n) is 5.25. The van der Waals surface area contributed by atoms with Gasteiger partial charge in [-0.3, -0.25) is 19.7 Å². The standard InChI is InChI=1S/C22H22ClN3O4/c1-15-18(6-4-7-19(15)23)22-17(5-3-8-20(22)26(29)30)9-10-21(28)25-13-11-24(12-14-25)16(2)27/h3-10H,11-14H2,1-2H3/b10-9+. The molecule has 0 N–H and O–H groups in total. The normalized spacial score (nSPS) is 14.2. The maximum atomic E-state index is 12.6. The summed E-state index contributed by atoms with van der Waals surface area (Å²) in [6, 6.07) is 10.0. The van der Waals surface area contributed by atoms with Gasteiger partial charge in [-0.05, 0) is 35.8 Å². The third kappa shape index (κ3) is 4.52. The molecule has 1 heterocycles. The molecule has 0 atom stereocenters. The lowest BCUT2D eigenvalue weighted by Gasteiger charge is -2.33. The van der Waals surface area contributed by atoms with E-state index in [1.165, 1.54) is 19.1 Å². The highest BCUT2D eigenvalue weighted by Crippen LogP contribution is 2.37.